The summed E-state index contributed by atoms with van der Waals surface area (Å²) < 4.78 is 39.4. The van der Waals surface area contributed by atoms with Crippen molar-refractivity contribution < 1.29 is 17.6 Å². The summed E-state index contributed by atoms with van der Waals surface area (Å²) in [5.41, 5.74) is 0.266. The van der Waals surface area contributed by atoms with Crippen LogP contribution in [-0.2, 0) is 14.6 Å². The fourth-order valence-electron chi connectivity index (χ4n) is 4.31. The van der Waals surface area contributed by atoms with Crippen LogP contribution in [0.25, 0.3) is 0 Å². The van der Waals surface area contributed by atoms with Crippen LogP contribution in [0.4, 0.5) is 10.1 Å². The number of hydrogen-bond acceptors (Lipinski definition) is 4. The second-order valence-electron chi connectivity index (χ2n) is 7.74. The smallest absolute Gasteiger partial charge is 0.248 e. The first-order chi connectivity index (χ1) is 13.3. The Bertz CT molecular complexity index is 916. The lowest BCUT2D eigenvalue weighted by atomic mass is 10.0. The maximum atomic E-state index is 14.6. The quantitative estimate of drug-likeness (QED) is 0.636. The second-order valence-corrected chi connectivity index (χ2v) is 12.0. The summed E-state index contributed by atoms with van der Waals surface area (Å²) in [4.78, 5) is 18.4. The van der Waals surface area contributed by atoms with Crippen LogP contribution in [0, 0.1) is 11.7 Å². The molecule has 4 rings (SSSR count). The van der Waals surface area contributed by atoms with E-state index in [1.807, 2.05) is 0 Å². The van der Waals surface area contributed by atoms with E-state index in [4.69, 9.17) is 0 Å². The van der Waals surface area contributed by atoms with Crippen LogP contribution >= 0.6 is 27.7 Å². The highest BCUT2D eigenvalue weighted by Gasteiger charge is 2.50. The Balaban J connectivity index is 1.58. The molecule has 2 unspecified atom stereocenters. The van der Waals surface area contributed by atoms with E-state index in [2.05, 4.69) is 20.9 Å². The molecule has 3 aliphatic rings. The molecular formula is C19H22BrFN2O3S2. The van der Waals surface area contributed by atoms with Crippen molar-refractivity contribution in [2.45, 2.75) is 49.8 Å². The zero-order chi connectivity index (χ0) is 19.9. The SMILES string of the molecule is O=C(CCC1CCCC1)N=C1SC2CS(=O)(=O)CC2N1c1ccc(Br)cc1F. The lowest BCUT2D eigenvalue weighted by molar-refractivity contribution is -0.118. The van der Waals surface area contributed by atoms with E-state index in [1.165, 1.54) is 43.5 Å². The second kappa shape index (κ2) is 8.07. The number of amides is 1. The van der Waals surface area contributed by atoms with Crippen LogP contribution in [0.15, 0.2) is 27.7 Å². The summed E-state index contributed by atoms with van der Waals surface area (Å²) in [7, 11) is -3.17. The molecule has 0 N–H and O–H groups in total. The molecule has 0 aromatic heterocycles. The van der Waals surface area contributed by atoms with Gasteiger partial charge in [0.15, 0.2) is 15.0 Å². The van der Waals surface area contributed by atoms with Gasteiger partial charge in [-0.2, -0.15) is 4.99 Å². The normalized spacial score (nSPS) is 28.2. The number of hydrogen-bond donors (Lipinski definition) is 0. The van der Waals surface area contributed by atoms with Crippen LogP contribution in [0.1, 0.15) is 38.5 Å². The minimum absolute atomic E-state index is 0.0340. The molecule has 2 saturated heterocycles. The molecule has 0 spiro atoms. The number of benzene rings is 1. The molecule has 2 heterocycles. The number of thioether (sulfide) groups is 1. The number of carbonyl (C=O) groups excluding carboxylic acids is 1. The monoisotopic (exact) mass is 488 g/mol. The highest BCUT2D eigenvalue weighted by Crippen LogP contribution is 2.42. The average Bonchev–Trinajstić information content (AvgIpc) is 3.29. The number of anilines is 1. The fourth-order valence-corrected chi connectivity index (χ4v) is 8.57. The number of amidine groups is 1. The number of fused-ring (bicyclic) bond motifs is 1. The first kappa shape index (κ1) is 20.3. The molecule has 0 bridgehead atoms. The van der Waals surface area contributed by atoms with Gasteiger partial charge >= 0.3 is 0 Å². The topological polar surface area (TPSA) is 66.8 Å². The summed E-state index contributed by atoms with van der Waals surface area (Å²) in [5.74, 6) is -0.0856. The van der Waals surface area contributed by atoms with Gasteiger partial charge in [0.25, 0.3) is 0 Å². The van der Waals surface area contributed by atoms with Crippen LogP contribution in [-0.4, -0.2) is 42.3 Å². The van der Waals surface area contributed by atoms with Gasteiger partial charge in [-0.25, -0.2) is 12.8 Å². The third-order valence-corrected chi connectivity index (χ3v) is 9.40. The van der Waals surface area contributed by atoms with Crippen LogP contribution in [0.2, 0.25) is 0 Å². The van der Waals surface area contributed by atoms with Gasteiger partial charge in [-0.15, -0.1) is 0 Å². The minimum atomic E-state index is -3.17. The summed E-state index contributed by atoms with van der Waals surface area (Å²) in [6, 6.07) is 4.26. The maximum Gasteiger partial charge on any atom is 0.248 e. The van der Waals surface area contributed by atoms with Crippen LogP contribution < -0.4 is 4.90 Å². The molecule has 28 heavy (non-hydrogen) atoms. The zero-order valence-corrected chi connectivity index (χ0v) is 18.5. The number of aliphatic imine (C=N–C) groups is 1. The van der Waals surface area contributed by atoms with Gasteiger partial charge in [0.05, 0.1) is 23.2 Å². The molecule has 9 heteroatoms. The van der Waals surface area contributed by atoms with E-state index >= 15 is 0 Å². The third-order valence-electron chi connectivity index (χ3n) is 5.70. The van der Waals surface area contributed by atoms with E-state index in [9.17, 15) is 17.6 Å². The van der Waals surface area contributed by atoms with Crippen molar-refractivity contribution in [1.29, 1.82) is 0 Å². The molecule has 152 valence electrons. The molecule has 1 aliphatic carbocycles. The summed E-state index contributed by atoms with van der Waals surface area (Å²) in [5, 5.41) is 0.192. The molecule has 2 atom stereocenters. The predicted octanol–water partition coefficient (Wildman–Crippen LogP) is 4.16. The van der Waals surface area contributed by atoms with E-state index in [0.717, 1.165) is 6.42 Å². The van der Waals surface area contributed by atoms with Gasteiger partial charge in [-0.1, -0.05) is 53.4 Å². The van der Waals surface area contributed by atoms with Crippen LogP contribution in [0.5, 0.6) is 0 Å². The molecule has 5 nitrogen and oxygen atoms in total. The molecule has 0 radical (unpaired) electrons. The van der Waals surface area contributed by atoms with Gasteiger partial charge in [0, 0.05) is 16.1 Å². The average molecular weight is 489 g/mol. The Morgan fingerprint density at radius 3 is 2.75 bits per heavy atom. The van der Waals surface area contributed by atoms with Crippen molar-refractivity contribution in [3.63, 3.8) is 0 Å². The standard InChI is InChI=1S/C19H22BrFN2O3S2/c20-13-6-7-15(14(21)9-13)23-16-10-28(25,26)11-17(16)27-19(23)22-18(24)8-5-12-3-1-2-4-12/h6-7,9,12,16-17H,1-5,8,10-11H2. The Hall–Kier alpha value is -0.930. The molecule has 1 saturated carbocycles. The van der Waals surface area contributed by atoms with Crippen molar-refractivity contribution in [2.24, 2.45) is 10.9 Å². The van der Waals surface area contributed by atoms with Gasteiger partial charge < -0.3 is 4.90 Å². The van der Waals surface area contributed by atoms with Gasteiger partial charge in [0.2, 0.25) is 5.91 Å². The fraction of sp³-hybridized carbons (Fsp3) is 0.579. The van der Waals surface area contributed by atoms with Crippen molar-refractivity contribution in [3.8, 4) is 0 Å². The number of carbonyl (C=O) groups is 1. The zero-order valence-electron chi connectivity index (χ0n) is 15.3. The van der Waals surface area contributed by atoms with Gasteiger partial charge in [-0.05, 0) is 30.5 Å². The Morgan fingerprint density at radius 1 is 1.29 bits per heavy atom. The lowest BCUT2D eigenvalue weighted by Crippen LogP contribution is -2.38. The molecular weight excluding hydrogens is 467 g/mol. The highest BCUT2D eigenvalue weighted by atomic mass is 79.9. The van der Waals surface area contributed by atoms with Gasteiger partial charge in [0.1, 0.15) is 5.82 Å². The first-order valence-electron chi connectivity index (χ1n) is 9.55. The highest BCUT2D eigenvalue weighted by molar-refractivity contribution is 9.10. The van der Waals surface area contributed by atoms with E-state index in [-0.39, 0.29) is 28.4 Å². The molecule has 2 aliphatic heterocycles. The van der Waals surface area contributed by atoms with E-state index in [0.29, 0.717) is 22.0 Å². The Morgan fingerprint density at radius 2 is 2.04 bits per heavy atom. The van der Waals surface area contributed by atoms with E-state index in [1.54, 1.807) is 17.0 Å². The number of rotatable bonds is 4. The largest absolute Gasteiger partial charge is 0.313 e. The number of sulfone groups is 1. The van der Waals surface area contributed by atoms with Crippen molar-refractivity contribution >= 4 is 54.3 Å². The van der Waals surface area contributed by atoms with Crippen LogP contribution in [0.3, 0.4) is 0 Å². The summed E-state index contributed by atoms with van der Waals surface area (Å²) in [6.07, 6.45) is 6.05. The number of halogens is 2. The lowest BCUT2D eigenvalue weighted by Gasteiger charge is -2.25. The predicted molar refractivity (Wildman–Crippen MR) is 114 cm³/mol. The molecule has 1 amide bonds. The van der Waals surface area contributed by atoms with Crippen molar-refractivity contribution in [1.82, 2.24) is 0 Å². The summed E-state index contributed by atoms with van der Waals surface area (Å²) in [6.45, 7) is 0. The maximum absolute atomic E-state index is 14.6. The van der Waals surface area contributed by atoms with Gasteiger partial charge in [-0.3, -0.25) is 4.79 Å². The van der Waals surface area contributed by atoms with Crippen molar-refractivity contribution in [2.75, 3.05) is 16.4 Å². The van der Waals surface area contributed by atoms with Crippen molar-refractivity contribution in [3.05, 3.63) is 28.5 Å². The summed E-state index contributed by atoms with van der Waals surface area (Å²) >= 11 is 4.53. The molecule has 3 fully saturated rings. The third kappa shape index (κ3) is 4.31. The minimum Gasteiger partial charge on any atom is -0.313 e. The molecule has 1 aromatic rings. The van der Waals surface area contributed by atoms with E-state index < -0.39 is 21.7 Å². The Labute approximate surface area is 177 Å². The molecule has 1 aromatic carbocycles. The first-order valence-corrected chi connectivity index (χ1v) is 13.0. The number of nitrogens with zero attached hydrogens (tertiary/aromatic N) is 2. The Kier molecular flexibility index (Phi) is 5.86.